The molecule has 0 aliphatic carbocycles. The summed E-state index contributed by atoms with van der Waals surface area (Å²) in [5.41, 5.74) is -0.0530. The van der Waals surface area contributed by atoms with Crippen LogP contribution >= 0.6 is 11.3 Å². The van der Waals surface area contributed by atoms with Crippen molar-refractivity contribution in [3.05, 3.63) is 21.1 Å². The molecule has 2 heterocycles. The van der Waals surface area contributed by atoms with E-state index in [2.05, 4.69) is 5.32 Å². The second kappa shape index (κ2) is 6.21. The van der Waals surface area contributed by atoms with Gasteiger partial charge in [0.05, 0.1) is 15.7 Å². The lowest BCUT2D eigenvalue weighted by Crippen LogP contribution is -2.42. The molecular weight excluding hydrogens is 294 g/mol. The van der Waals surface area contributed by atoms with E-state index in [-0.39, 0.29) is 23.3 Å². The largest absolute Gasteiger partial charge is 0.359 e. The topological polar surface area (TPSA) is 92.6 Å². The number of thiophene rings is 1. The molecule has 0 unspecified atom stereocenters. The average molecular weight is 311 g/mol. The first-order chi connectivity index (χ1) is 9.93. The number of rotatable bonds is 4. The molecule has 1 fully saturated rings. The van der Waals surface area contributed by atoms with Gasteiger partial charge in [0.15, 0.2) is 10.8 Å². The number of Topliss-reactive ketones (excluding diaryl/α,β-unsaturated/α-hetero) is 1. The van der Waals surface area contributed by atoms with Gasteiger partial charge in [-0.15, -0.1) is 11.3 Å². The summed E-state index contributed by atoms with van der Waals surface area (Å²) < 4.78 is 0. The van der Waals surface area contributed by atoms with Crippen LogP contribution in [-0.4, -0.2) is 36.8 Å². The molecule has 1 N–H and O–H groups in total. The highest BCUT2D eigenvalue weighted by molar-refractivity contribution is 7.18. The second-order valence-electron chi connectivity index (χ2n) is 5.01. The fourth-order valence-corrected chi connectivity index (χ4v) is 3.54. The van der Waals surface area contributed by atoms with Crippen LogP contribution in [0.4, 0.5) is 10.7 Å². The van der Waals surface area contributed by atoms with Crippen LogP contribution in [0.1, 0.15) is 29.4 Å². The molecule has 1 aromatic heterocycles. The Kier molecular flexibility index (Phi) is 4.56. The molecule has 1 atom stereocenters. The summed E-state index contributed by atoms with van der Waals surface area (Å²) in [6, 6.07) is 1.33. The van der Waals surface area contributed by atoms with Crippen molar-refractivity contribution >= 4 is 33.7 Å². The zero-order valence-electron chi connectivity index (χ0n) is 11.9. The quantitative estimate of drug-likeness (QED) is 0.520. The SMILES string of the molecule is CNC(=O)[C@@H]1CCCN(c2sc(C(C)=O)cc2[N+](=O)[O-])C1. The van der Waals surface area contributed by atoms with Crippen molar-refractivity contribution in [2.24, 2.45) is 5.92 Å². The standard InChI is InChI=1S/C13H17N3O4S/c1-8(17)11-6-10(16(19)20)13(21-11)15-5-3-4-9(7-15)12(18)14-2/h6,9H,3-5,7H2,1-2H3,(H,14,18)/t9-/m1/s1. The number of nitrogens with zero attached hydrogens (tertiary/aromatic N) is 2. The second-order valence-corrected chi connectivity index (χ2v) is 6.04. The summed E-state index contributed by atoms with van der Waals surface area (Å²) in [6.45, 7) is 2.49. The fraction of sp³-hybridized carbons (Fsp3) is 0.538. The average Bonchev–Trinajstić information content (AvgIpc) is 2.92. The molecule has 1 amide bonds. The van der Waals surface area contributed by atoms with E-state index in [1.807, 2.05) is 4.90 Å². The number of hydrogen-bond donors (Lipinski definition) is 1. The highest BCUT2D eigenvalue weighted by atomic mass is 32.1. The third-order valence-electron chi connectivity index (χ3n) is 3.56. The molecule has 0 saturated carbocycles. The smallest absolute Gasteiger partial charge is 0.304 e. The third-order valence-corrected chi connectivity index (χ3v) is 4.85. The molecule has 0 radical (unpaired) electrons. The Labute approximate surface area is 126 Å². The normalized spacial score (nSPS) is 18.4. The first kappa shape index (κ1) is 15.4. The number of ketones is 1. The lowest BCUT2D eigenvalue weighted by Gasteiger charge is -2.31. The summed E-state index contributed by atoms with van der Waals surface area (Å²) >= 11 is 1.13. The lowest BCUT2D eigenvalue weighted by molar-refractivity contribution is -0.383. The Balaban J connectivity index is 2.30. The van der Waals surface area contributed by atoms with Gasteiger partial charge < -0.3 is 10.2 Å². The number of amides is 1. The number of piperidine rings is 1. The number of anilines is 1. The van der Waals surface area contributed by atoms with Gasteiger partial charge in [-0.05, 0) is 19.8 Å². The molecule has 1 saturated heterocycles. The monoisotopic (exact) mass is 311 g/mol. The van der Waals surface area contributed by atoms with Crippen LogP contribution in [0.25, 0.3) is 0 Å². The van der Waals surface area contributed by atoms with Crippen LogP contribution in [-0.2, 0) is 4.79 Å². The van der Waals surface area contributed by atoms with Crippen molar-refractivity contribution in [1.29, 1.82) is 0 Å². The molecule has 21 heavy (non-hydrogen) atoms. The minimum atomic E-state index is -0.470. The van der Waals surface area contributed by atoms with E-state index in [1.165, 1.54) is 13.0 Å². The van der Waals surface area contributed by atoms with Crippen LogP contribution in [0.15, 0.2) is 6.07 Å². The number of nitro groups is 1. The maximum Gasteiger partial charge on any atom is 0.304 e. The Morgan fingerprint density at radius 2 is 2.24 bits per heavy atom. The Bertz CT molecular complexity index is 584. The highest BCUT2D eigenvalue weighted by Crippen LogP contribution is 2.39. The Morgan fingerprint density at radius 1 is 1.52 bits per heavy atom. The molecule has 7 nitrogen and oxygen atoms in total. The van der Waals surface area contributed by atoms with E-state index in [0.29, 0.717) is 23.0 Å². The molecule has 0 aromatic carbocycles. The fourth-order valence-electron chi connectivity index (χ4n) is 2.48. The number of hydrogen-bond acceptors (Lipinski definition) is 6. The van der Waals surface area contributed by atoms with Crippen molar-refractivity contribution in [2.45, 2.75) is 19.8 Å². The van der Waals surface area contributed by atoms with Gasteiger partial charge in [0, 0.05) is 26.2 Å². The maximum atomic E-state index is 11.8. The molecule has 1 aliphatic rings. The van der Waals surface area contributed by atoms with Crippen molar-refractivity contribution < 1.29 is 14.5 Å². The van der Waals surface area contributed by atoms with Crippen molar-refractivity contribution in [3.8, 4) is 0 Å². The van der Waals surface area contributed by atoms with Crippen molar-refractivity contribution in [2.75, 3.05) is 25.0 Å². The van der Waals surface area contributed by atoms with Crippen LogP contribution in [0, 0.1) is 16.0 Å². The molecule has 0 spiro atoms. The van der Waals surface area contributed by atoms with Crippen LogP contribution in [0.3, 0.4) is 0 Å². The summed E-state index contributed by atoms with van der Waals surface area (Å²) in [7, 11) is 1.59. The van der Waals surface area contributed by atoms with Crippen LogP contribution in [0.5, 0.6) is 0 Å². The minimum absolute atomic E-state index is 0.0503. The van der Waals surface area contributed by atoms with E-state index >= 15 is 0 Å². The molecular formula is C13H17N3O4S. The van der Waals surface area contributed by atoms with Crippen molar-refractivity contribution in [1.82, 2.24) is 5.32 Å². The first-order valence-corrected chi connectivity index (χ1v) is 7.51. The van der Waals surface area contributed by atoms with E-state index in [0.717, 1.165) is 24.2 Å². The number of carbonyl (C=O) groups is 2. The third kappa shape index (κ3) is 3.21. The molecule has 1 aromatic rings. The Hall–Kier alpha value is -1.96. The van der Waals surface area contributed by atoms with Crippen molar-refractivity contribution in [3.63, 3.8) is 0 Å². The predicted octanol–water partition coefficient (Wildman–Crippen LogP) is 1.82. The minimum Gasteiger partial charge on any atom is -0.359 e. The zero-order chi connectivity index (χ0) is 15.6. The zero-order valence-corrected chi connectivity index (χ0v) is 12.7. The molecule has 1 aliphatic heterocycles. The Morgan fingerprint density at radius 3 is 2.81 bits per heavy atom. The summed E-state index contributed by atoms with van der Waals surface area (Å²) in [5, 5.41) is 14.3. The number of carbonyl (C=O) groups excluding carboxylic acids is 2. The summed E-state index contributed by atoms with van der Waals surface area (Å²) in [6.07, 6.45) is 1.57. The highest BCUT2D eigenvalue weighted by Gasteiger charge is 2.31. The van der Waals surface area contributed by atoms with Gasteiger partial charge in [-0.2, -0.15) is 0 Å². The van der Waals surface area contributed by atoms with Crippen LogP contribution in [0.2, 0.25) is 0 Å². The van der Waals surface area contributed by atoms with E-state index < -0.39 is 4.92 Å². The van der Waals surface area contributed by atoms with E-state index in [9.17, 15) is 19.7 Å². The first-order valence-electron chi connectivity index (χ1n) is 6.69. The molecule has 0 bridgehead atoms. The molecule has 114 valence electrons. The van der Waals surface area contributed by atoms with E-state index in [1.54, 1.807) is 7.05 Å². The molecule has 8 heteroatoms. The number of nitrogens with one attached hydrogen (secondary N) is 1. The van der Waals surface area contributed by atoms with Gasteiger partial charge in [0.1, 0.15) is 0 Å². The summed E-state index contributed by atoms with van der Waals surface area (Å²) in [4.78, 5) is 36.1. The van der Waals surface area contributed by atoms with Gasteiger partial charge >= 0.3 is 5.69 Å². The molecule has 2 rings (SSSR count). The summed E-state index contributed by atoms with van der Waals surface area (Å²) in [5.74, 6) is -0.411. The van der Waals surface area contributed by atoms with Gasteiger partial charge in [0.2, 0.25) is 5.91 Å². The van der Waals surface area contributed by atoms with Gasteiger partial charge in [-0.1, -0.05) is 0 Å². The lowest BCUT2D eigenvalue weighted by atomic mass is 9.97. The van der Waals surface area contributed by atoms with Gasteiger partial charge in [0.25, 0.3) is 0 Å². The van der Waals surface area contributed by atoms with Crippen LogP contribution < -0.4 is 10.2 Å². The maximum absolute atomic E-state index is 11.8. The van der Waals surface area contributed by atoms with Gasteiger partial charge in [-0.25, -0.2) is 0 Å². The van der Waals surface area contributed by atoms with E-state index in [4.69, 9.17) is 0 Å². The van der Waals surface area contributed by atoms with Gasteiger partial charge in [-0.3, -0.25) is 19.7 Å². The predicted molar refractivity (Wildman–Crippen MR) is 80.0 cm³/mol.